The van der Waals surface area contributed by atoms with E-state index in [0.29, 0.717) is 18.3 Å². The average molecular weight is 365 g/mol. The summed E-state index contributed by atoms with van der Waals surface area (Å²) in [5.74, 6) is 1.21. The molecule has 0 spiro atoms. The second kappa shape index (κ2) is 9.18. The minimum absolute atomic E-state index is 0.226. The number of hydrogen-bond donors (Lipinski definition) is 0. The number of benzene rings is 2. The topological polar surface area (TPSA) is 23.6 Å². The molecular weight excluding hydrogens is 332 g/mol. The molecule has 2 aromatic carbocycles. The average Bonchev–Trinajstić information content (AvgIpc) is 2.71. The standard InChI is InChI=1S/C24H32N2O/c1-4-24(27)26(22-13-9-6-10-14-22)23-15-16-25(18-20(23)3)17-19(2)21-11-7-5-8-12-21/h5-14,19-20,23H,4,15-18H2,1-3H3. The molecule has 0 aliphatic carbocycles. The zero-order chi connectivity index (χ0) is 19.2. The monoisotopic (exact) mass is 364 g/mol. The lowest BCUT2D eigenvalue weighted by molar-refractivity contribution is -0.119. The van der Waals surface area contributed by atoms with Gasteiger partial charge in [0.2, 0.25) is 5.91 Å². The van der Waals surface area contributed by atoms with Crippen molar-refractivity contribution in [2.75, 3.05) is 24.5 Å². The van der Waals surface area contributed by atoms with Crippen LogP contribution in [0.5, 0.6) is 0 Å². The maximum atomic E-state index is 12.7. The number of piperidine rings is 1. The van der Waals surface area contributed by atoms with Gasteiger partial charge in [0.15, 0.2) is 0 Å². The Kier molecular flexibility index (Phi) is 6.68. The van der Waals surface area contributed by atoms with Crippen LogP contribution in [0, 0.1) is 5.92 Å². The van der Waals surface area contributed by atoms with E-state index in [-0.39, 0.29) is 11.9 Å². The van der Waals surface area contributed by atoms with Crippen molar-refractivity contribution in [3.63, 3.8) is 0 Å². The number of anilines is 1. The molecule has 2 aromatic rings. The molecule has 1 aliphatic heterocycles. The van der Waals surface area contributed by atoms with Gasteiger partial charge in [0.25, 0.3) is 0 Å². The third kappa shape index (κ3) is 4.78. The molecule has 0 saturated carbocycles. The molecule has 0 bridgehead atoms. The van der Waals surface area contributed by atoms with E-state index in [1.165, 1.54) is 5.56 Å². The summed E-state index contributed by atoms with van der Waals surface area (Å²) < 4.78 is 0. The van der Waals surface area contributed by atoms with Crippen LogP contribution in [0.2, 0.25) is 0 Å². The first-order valence-corrected chi connectivity index (χ1v) is 10.2. The van der Waals surface area contributed by atoms with Crippen LogP contribution in [-0.2, 0) is 4.79 Å². The zero-order valence-corrected chi connectivity index (χ0v) is 16.8. The van der Waals surface area contributed by atoms with Gasteiger partial charge in [0.05, 0.1) is 0 Å². The molecule has 3 rings (SSSR count). The van der Waals surface area contributed by atoms with E-state index < -0.39 is 0 Å². The maximum absolute atomic E-state index is 12.7. The fraction of sp³-hybridized carbons (Fsp3) is 0.458. The van der Waals surface area contributed by atoms with Crippen LogP contribution >= 0.6 is 0 Å². The summed E-state index contributed by atoms with van der Waals surface area (Å²) in [7, 11) is 0. The van der Waals surface area contributed by atoms with Crippen molar-refractivity contribution in [1.82, 2.24) is 4.90 Å². The van der Waals surface area contributed by atoms with Gasteiger partial charge in [-0.05, 0) is 36.0 Å². The zero-order valence-electron chi connectivity index (χ0n) is 16.8. The second-order valence-corrected chi connectivity index (χ2v) is 7.86. The van der Waals surface area contributed by atoms with Crippen molar-refractivity contribution in [2.24, 2.45) is 5.92 Å². The van der Waals surface area contributed by atoms with Crippen molar-refractivity contribution in [1.29, 1.82) is 0 Å². The van der Waals surface area contributed by atoms with E-state index in [4.69, 9.17) is 0 Å². The van der Waals surface area contributed by atoms with Crippen LogP contribution in [0.4, 0.5) is 5.69 Å². The van der Waals surface area contributed by atoms with Gasteiger partial charge in [-0.1, -0.05) is 69.3 Å². The fourth-order valence-electron chi connectivity index (χ4n) is 4.32. The molecule has 1 fully saturated rings. The van der Waals surface area contributed by atoms with Crippen molar-refractivity contribution in [3.05, 3.63) is 66.2 Å². The number of amides is 1. The third-order valence-electron chi connectivity index (χ3n) is 5.78. The minimum Gasteiger partial charge on any atom is -0.309 e. The summed E-state index contributed by atoms with van der Waals surface area (Å²) in [5.41, 5.74) is 2.44. The fourth-order valence-corrected chi connectivity index (χ4v) is 4.32. The summed E-state index contributed by atoms with van der Waals surface area (Å²) in [6.07, 6.45) is 1.58. The van der Waals surface area contributed by atoms with Crippen LogP contribution in [-0.4, -0.2) is 36.5 Å². The highest BCUT2D eigenvalue weighted by Crippen LogP contribution is 2.29. The smallest absolute Gasteiger partial charge is 0.226 e. The number of nitrogens with zero attached hydrogens (tertiary/aromatic N) is 2. The molecule has 1 amide bonds. The molecule has 0 N–H and O–H groups in total. The molecule has 144 valence electrons. The summed E-state index contributed by atoms with van der Waals surface area (Å²) in [5, 5.41) is 0. The van der Waals surface area contributed by atoms with E-state index in [0.717, 1.165) is 31.7 Å². The van der Waals surface area contributed by atoms with Crippen LogP contribution in [0.15, 0.2) is 60.7 Å². The first-order chi connectivity index (χ1) is 13.1. The second-order valence-electron chi connectivity index (χ2n) is 7.86. The lowest BCUT2D eigenvalue weighted by Gasteiger charge is -2.43. The number of carbonyl (C=O) groups is 1. The largest absolute Gasteiger partial charge is 0.309 e. The predicted molar refractivity (Wildman–Crippen MR) is 113 cm³/mol. The van der Waals surface area contributed by atoms with Crippen LogP contribution in [0.1, 0.15) is 45.1 Å². The minimum atomic E-state index is 0.226. The quantitative estimate of drug-likeness (QED) is 0.724. The number of hydrogen-bond acceptors (Lipinski definition) is 2. The van der Waals surface area contributed by atoms with E-state index in [1.807, 2.05) is 25.1 Å². The predicted octanol–water partition coefficient (Wildman–Crippen LogP) is 4.94. The summed E-state index contributed by atoms with van der Waals surface area (Å²) >= 11 is 0. The summed E-state index contributed by atoms with van der Waals surface area (Å²) in [6, 6.07) is 21.2. The van der Waals surface area contributed by atoms with Gasteiger partial charge in [0, 0.05) is 37.8 Å². The lowest BCUT2D eigenvalue weighted by atomic mass is 9.90. The normalized spacial score (nSPS) is 21.6. The van der Waals surface area contributed by atoms with Crippen molar-refractivity contribution >= 4 is 11.6 Å². The van der Waals surface area contributed by atoms with Crippen LogP contribution in [0.3, 0.4) is 0 Å². The van der Waals surface area contributed by atoms with Crippen molar-refractivity contribution < 1.29 is 4.79 Å². The van der Waals surface area contributed by atoms with Crippen LogP contribution in [0.25, 0.3) is 0 Å². The molecule has 1 saturated heterocycles. The number of likely N-dealkylation sites (tertiary alicyclic amines) is 1. The van der Waals surface area contributed by atoms with Gasteiger partial charge in [0.1, 0.15) is 0 Å². The summed E-state index contributed by atoms with van der Waals surface area (Å²) in [4.78, 5) is 17.3. The van der Waals surface area contributed by atoms with Gasteiger partial charge < -0.3 is 9.80 Å². The molecule has 3 unspecified atom stereocenters. The first kappa shape index (κ1) is 19.6. The highest BCUT2D eigenvalue weighted by atomic mass is 16.2. The van der Waals surface area contributed by atoms with E-state index >= 15 is 0 Å². The number of carbonyl (C=O) groups excluding carboxylic acids is 1. The maximum Gasteiger partial charge on any atom is 0.226 e. The number of rotatable bonds is 6. The van der Waals surface area contributed by atoms with Crippen molar-refractivity contribution in [3.8, 4) is 0 Å². The Morgan fingerprint density at radius 2 is 1.74 bits per heavy atom. The molecule has 1 heterocycles. The van der Waals surface area contributed by atoms with Gasteiger partial charge >= 0.3 is 0 Å². The van der Waals surface area contributed by atoms with E-state index in [1.54, 1.807) is 0 Å². The van der Waals surface area contributed by atoms with E-state index in [9.17, 15) is 4.79 Å². The molecule has 0 radical (unpaired) electrons. The third-order valence-corrected chi connectivity index (χ3v) is 5.78. The SMILES string of the molecule is CCC(=O)N(c1ccccc1)C1CCN(CC(C)c2ccccc2)CC1C. The Morgan fingerprint density at radius 1 is 1.11 bits per heavy atom. The Hall–Kier alpha value is -2.13. The van der Waals surface area contributed by atoms with Gasteiger partial charge in [-0.25, -0.2) is 0 Å². The highest BCUT2D eigenvalue weighted by Gasteiger charge is 2.33. The molecule has 27 heavy (non-hydrogen) atoms. The Labute approximate surface area is 164 Å². The Morgan fingerprint density at radius 3 is 2.33 bits per heavy atom. The molecule has 3 atom stereocenters. The van der Waals surface area contributed by atoms with Gasteiger partial charge in [-0.15, -0.1) is 0 Å². The molecule has 1 aliphatic rings. The Bertz CT molecular complexity index is 716. The molecule has 3 nitrogen and oxygen atoms in total. The molecule has 3 heteroatoms. The summed E-state index contributed by atoms with van der Waals surface area (Å²) in [6.45, 7) is 9.73. The number of para-hydroxylation sites is 1. The highest BCUT2D eigenvalue weighted by molar-refractivity contribution is 5.93. The molecule has 0 aromatic heterocycles. The van der Waals surface area contributed by atoms with Gasteiger partial charge in [-0.3, -0.25) is 4.79 Å². The van der Waals surface area contributed by atoms with E-state index in [2.05, 4.69) is 66.1 Å². The van der Waals surface area contributed by atoms with Crippen LogP contribution < -0.4 is 4.90 Å². The molecular formula is C24H32N2O. The Balaban J connectivity index is 1.67. The van der Waals surface area contributed by atoms with Gasteiger partial charge in [-0.2, -0.15) is 0 Å². The first-order valence-electron chi connectivity index (χ1n) is 10.2. The van der Waals surface area contributed by atoms with Crippen molar-refractivity contribution in [2.45, 2.75) is 45.6 Å². The lowest BCUT2D eigenvalue weighted by Crippen LogP contribution is -2.52.